The third kappa shape index (κ3) is 2.18. The maximum absolute atomic E-state index is 13.0. The number of H-pyrrole nitrogens is 1. The Morgan fingerprint density at radius 1 is 1.42 bits per heavy atom. The summed E-state index contributed by atoms with van der Waals surface area (Å²) in [5, 5.41) is 0. The number of hydrogen-bond acceptors (Lipinski definition) is 2. The summed E-state index contributed by atoms with van der Waals surface area (Å²) < 4.78 is 26.1. The third-order valence-electron chi connectivity index (χ3n) is 3.29. The Bertz CT molecular complexity index is 613. The fourth-order valence-corrected chi connectivity index (χ4v) is 2.21. The Hall–Kier alpha value is -1.98. The van der Waals surface area contributed by atoms with Crippen molar-refractivity contribution in [2.45, 2.75) is 12.3 Å². The fraction of sp³-hybridized carbons (Fsp3) is 0.308. The number of hydrogen-bond donors (Lipinski definition) is 1. The summed E-state index contributed by atoms with van der Waals surface area (Å²) in [7, 11) is 0. The minimum absolute atomic E-state index is 0.0351. The van der Waals surface area contributed by atoms with Crippen LogP contribution in [-0.4, -0.2) is 39.8 Å². The summed E-state index contributed by atoms with van der Waals surface area (Å²) in [4.78, 5) is 20.8. The second kappa shape index (κ2) is 4.29. The van der Waals surface area contributed by atoms with E-state index in [4.69, 9.17) is 0 Å². The van der Waals surface area contributed by atoms with Gasteiger partial charge in [-0.15, -0.1) is 0 Å². The number of aromatic amines is 1. The van der Waals surface area contributed by atoms with E-state index in [0.717, 1.165) is 11.9 Å². The fourth-order valence-electron chi connectivity index (χ4n) is 2.21. The van der Waals surface area contributed by atoms with Crippen molar-refractivity contribution in [1.82, 2.24) is 14.9 Å². The molecule has 1 amide bonds. The maximum atomic E-state index is 13.0. The van der Waals surface area contributed by atoms with Crippen molar-refractivity contribution in [3.8, 4) is 0 Å². The van der Waals surface area contributed by atoms with Gasteiger partial charge in [0.1, 0.15) is 5.52 Å². The van der Waals surface area contributed by atoms with Crippen LogP contribution in [0.25, 0.3) is 11.0 Å². The summed E-state index contributed by atoms with van der Waals surface area (Å²) in [5.41, 5.74) is 1.78. The quantitative estimate of drug-likeness (QED) is 0.858. The minimum Gasteiger partial charge on any atom is -0.345 e. The van der Waals surface area contributed by atoms with Gasteiger partial charge in [0.2, 0.25) is 0 Å². The zero-order chi connectivity index (χ0) is 13.5. The predicted molar refractivity (Wildman–Crippen MR) is 65.9 cm³/mol. The van der Waals surface area contributed by atoms with Gasteiger partial charge in [-0.3, -0.25) is 4.79 Å². The van der Waals surface area contributed by atoms with E-state index in [1.165, 1.54) is 11.2 Å². The molecule has 1 fully saturated rings. The molecule has 2 aromatic rings. The van der Waals surface area contributed by atoms with E-state index in [0.29, 0.717) is 11.1 Å². The lowest BCUT2D eigenvalue weighted by atomic mass is 10.1. The minimum atomic E-state index is -2.77. The molecule has 1 N–H and O–H groups in total. The molecule has 1 saturated heterocycles. The van der Waals surface area contributed by atoms with Gasteiger partial charge in [0.05, 0.1) is 23.8 Å². The number of carbonyl (C=O) groups is 1. The Labute approximate surface area is 108 Å². The van der Waals surface area contributed by atoms with Gasteiger partial charge in [-0.25, -0.2) is 13.8 Å². The van der Waals surface area contributed by atoms with Gasteiger partial charge in [-0.1, -0.05) is 6.07 Å². The molecular formula is C13H12F2N3O. The molecule has 0 spiro atoms. The van der Waals surface area contributed by atoms with Crippen LogP contribution < -0.4 is 0 Å². The van der Waals surface area contributed by atoms with Crippen LogP contribution in [0, 0.1) is 6.42 Å². The number of nitrogens with zero attached hydrogens (tertiary/aromatic N) is 2. The molecule has 1 aliphatic rings. The van der Waals surface area contributed by atoms with Gasteiger partial charge in [-0.05, 0) is 12.1 Å². The van der Waals surface area contributed by atoms with Gasteiger partial charge in [0.15, 0.2) is 0 Å². The van der Waals surface area contributed by atoms with Crippen LogP contribution in [0.3, 0.4) is 0 Å². The smallest absolute Gasteiger partial charge is 0.256 e. The van der Waals surface area contributed by atoms with Crippen LogP contribution in [-0.2, 0) is 0 Å². The molecule has 0 unspecified atom stereocenters. The number of halogens is 2. The summed E-state index contributed by atoms with van der Waals surface area (Å²) in [6, 6.07) is 5.23. The summed E-state index contributed by atoms with van der Waals surface area (Å²) in [5.74, 6) is -3.03. The van der Waals surface area contributed by atoms with Gasteiger partial charge >= 0.3 is 0 Å². The molecule has 0 aliphatic carbocycles. The molecule has 19 heavy (non-hydrogen) atoms. The number of fused-ring (bicyclic) bond motifs is 1. The Morgan fingerprint density at radius 2 is 2.26 bits per heavy atom. The van der Waals surface area contributed by atoms with Crippen LogP contribution in [0.4, 0.5) is 8.78 Å². The molecular weight excluding hydrogens is 252 g/mol. The maximum Gasteiger partial charge on any atom is 0.256 e. The number of amides is 1. The van der Waals surface area contributed by atoms with E-state index in [-0.39, 0.29) is 25.4 Å². The number of carbonyl (C=O) groups excluding carboxylic acids is 1. The SMILES string of the molecule is O=C(c1cccc2[nH]cnc12)N1C[CH]C(F)(F)CC1. The first kappa shape index (κ1) is 12.1. The zero-order valence-corrected chi connectivity index (χ0v) is 10.1. The first-order valence-corrected chi connectivity index (χ1v) is 6.00. The number of alkyl halides is 2. The zero-order valence-electron chi connectivity index (χ0n) is 10.1. The molecule has 99 valence electrons. The van der Waals surface area contributed by atoms with Crippen molar-refractivity contribution in [2.24, 2.45) is 0 Å². The number of benzene rings is 1. The number of piperidine rings is 1. The highest BCUT2D eigenvalue weighted by Gasteiger charge is 2.36. The highest BCUT2D eigenvalue weighted by molar-refractivity contribution is 6.04. The Balaban J connectivity index is 1.87. The molecule has 6 heteroatoms. The second-order valence-electron chi connectivity index (χ2n) is 4.57. The average Bonchev–Trinajstić information content (AvgIpc) is 2.86. The normalized spacial score (nSPS) is 18.7. The number of likely N-dealkylation sites (tertiary alicyclic amines) is 1. The van der Waals surface area contributed by atoms with E-state index < -0.39 is 5.92 Å². The van der Waals surface area contributed by atoms with Gasteiger partial charge in [-0.2, -0.15) is 0 Å². The number of rotatable bonds is 1. The third-order valence-corrected chi connectivity index (χ3v) is 3.29. The van der Waals surface area contributed by atoms with E-state index >= 15 is 0 Å². The Morgan fingerprint density at radius 3 is 3.00 bits per heavy atom. The molecule has 0 atom stereocenters. The number of nitrogens with one attached hydrogen (secondary N) is 1. The van der Waals surface area contributed by atoms with Crippen molar-refractivity contribution in [2.75, 3.05) is 13.1 Å². The second-order valence-corrected chi connectivity index (χ2v) is 4.57. The van der Waals surface area contributed by atoms with Crippen molar-refractivity contribution in [3.05, 3.63) is 36.5 Å². The highest BCUT2D eigenvalue weighted by Crippen LogP contribution is 2.28. The molecule has 1 aliphatic heterocycles. The molecule has 0 saturated carbocycles. The largest absolute Gasteiger partial charge is 0.345 e. The van der Waals surface area contributed by atoms with Crippen molar-refractivity contribution in [1.29, 1.82) is 0 Å². The molecule has 1 radical (unpaired) electrons. The molecule has 4 nitrogen and oxygen atoms in total. The van der Waals surface area contributed by atoms with Crippen LogP contribution >= 0.6 is 0 Å². The lowest BCUT2D eigenvalue weighted by Gasteiger charge is -2.31. The standard InChI is InChI=1S/C13H12F2N3O/c14-13(15)4-6-18(7-5-13)12(19)9-2-1-3-10-11(9)17-8-16-10/h1-4,8H,5-7H2,(H,16,17). The van der Waals surface area contributed by atoms with E-state index in [1.807, 2.05) is 6.07 Å². The summed E-state index contributed by atoms with van der Waals surface area (Å²) >= 11 is 0. The van der Waals surface area contributed by atoms with Gasteiger partial charge in [0.25, 0.3) is 11.8 Å². The van der Waals surface area contributed by atoms with Gasteiger partial charge in [0, 0.05) is 19.5 Å². The van der Waals surface area contributed by atoms with Crippen LogP contribution in [0.1, 0.15) is 16.8 Å². The average molecular weight is 264 g/mol. The number of imidazole rings is 1. The molecule has 1 aromatic heterocycles. The lowest BCUT2D eigenvalue weighted by molar-refractivity contribution is -0.00726. The monoisotopic (exact) mass is 264 g/mol. The number of aromatic nitrogens is 2. The van der Waals surface area contributed by atoms with Crippen molar-refractivity contribution >= 4 is 16.9 Å². The van der Waals surface area contributed by atoms with E-state index in [9.17, 15) is 13.6 Å². The first-order valence-electron chi connectivity index (χ1n) is 6.00. The van der Waals surface area contributed by atoms with Crippen molar-refractivity contribution in [3.63, 3.8) is 0 Å². The first-order chi connectivity index (χ1) is 9.07. The Kier molecular flexibility index (Phi) is 2.73. The molecule has 0 bridgehead atoms. The summed E-state index contributed by atoms with van der Waals surface area (Å²) in [6.45, 7) is 0.0236. The predicted octanol–water partition coefficient (Wildman–Crippen LogP) is 2.25. The summed E-state index contributed by atoms with van der Waals surface area (Å²) in [6.07, 6.45) is 2.08. The van der Waals surface area contributed by atoms with E-state index in [2.05, 4.69) is 9.97 Å². The van der Waals surface area contributed by atoms with Crippen LogP contribution in [0.2, 0.25) is 0 Å². The highest BCUT2D eigenvalue weighted by atomic mass is 19.3. The molecule has 1 aromatic carbocycles. The van der Waals surface area contributed by atoms with Crippen molar-refractivity contribution < 1.29 is 13.6 Å². The van der Waals surface area contributed by atoms with Gasteiger partial charge < -0.3 is 9.88 Å². The molecule has 2 heterocycles. The molecule has 3 rings (SSSR count). The van der Waals surface area contributed by atoms with E-state index in [1.54, 1.807) is 12.1 Å². The lowest BCUT2D eigenvalue weighted by Crippen LogP contribution is -2.43. The number of para-hydroxylation sites is 1. The topological polar surface area (TPSA) is 49.0 Å². The van der Waals surface area contributed by atoms with Crippen LogP contribution in [0.5, 0.6) is 0 Å². The van der Waals surface area contributed by atoms with Crippen LogP contribution in [0.15, 0.2) is 24.5 Å².